The quantitative estimate of drug-likeness (QED) is 0.576. The third kappa shape index (κ3) is 4.49. The lowest BCUT2D eigenvalue weighted by Gasteiger charge is -2.35. The second-order valence-electron chi connectivity index (χ2n) is 9.10. The first-order valence-corrected chi connectivity index (χ1v) is 12.2. The van der Waals surface area contributed by atoms with Gasteiger partial charge in [0.05, 0.1) is 11.4 Å². The highest BCUT2D eigenvalue weighted by molar-refractivity contribution is 6.01. The van der Waals surface area contributed by atoms with E-state index in [0.29, 0.717) is 48.6 Å². The van der Waals surface area contributed by atoms with Crippen molar-refractivity contribution in [2.24, 2.45) is 0 Å². The highest BCUT2D eigenvalue weighted by atomic mass is 16.5. The second-order valence-corrected chi connectivity index (χ2v) is 9.10. The van der Waals surface area contributed by atoms with E-state index in [9.17, 15) is 14.4 Å². The van der Waals surface area contributed by atoms with E-state index >= 15 is 0 Å². The van der Waals surface area contributed by atoms with E-state index in [1.807, 2.05) is 44.2 Å². The molecule has 2 N–H and O–H groups in total. The summed E-state index contributed by atoms with van der Waals surface area (Å²) in [5.74, 6) is -0.738. The normalized spacial score (nSPS) is 19.7. The largest absolute Gasteiger partial charge is 0.368 e. The number of benzene rings is 2. The number of hydrogen-bond donors (Lipinski definition) is 2. The molecule has 9 heteroatoms. The number of amides is 3. The summed E-state index contributed by atoms with van der Waals surface area (Å²) < 4.78 is 7.25. The first-order valence-electron chi connectivity index (χ1n) is 12.2. The maximum atomic E-state index is 13.7. The summed E-state index contributed by atoms with van der Waals surface area (Å²) >= 11 is 0. The standard InChI is InChI=1S/C27H29N5O4/c1-17-23(18(2)32(30-17)21-10-4-3-5-11-21)24-26(34)28-13-14-31(24)27(35)19-8-6-9-20(16-19)29-25(33)22-12-7-15-36-22/h3-6,8-11,16,22,24H,7,12-15H2,1-2H3,(H,28,34)(H,29,33). The maximum Gasteiger partial charge on any atom is 0.254 e. The number of rotatable bonds is 5. The first-order chi connectivity index (χ1) is 17.4. The highest BCUT2D eigenvalue weighted by Crippen LogP contribution is 2.31. The predicted molar refractivity (Wildman–Crippen MR) is 134 cm³/mol. The number of hydrogen-bond acceptors (Lipinski definition) is 5. The summed E-state index contributed by atoms with van der Waals surface area (Å²) in [6.07, 6.45) is 1.07. The zero-order valence-corrected chi connectivity index (χ0v) is 20.4. The van der Waals surface area contributed by atoms with Gasteiger partial charge in [0.1, 0.15) is 12.1 Å². The molecule has 2 atom stereocenters. The third-order valence-electron chi connectivity index (χ3n) is 6.69. The molecule has 0 spiro atoms. The summed E-state index contributed by atoms with van der Waals surface area (Å²) in [5.41, 5.74) is 4.00. The van der Waals surface area contributed by atoms with Gasteiger partial charge in [-0.15, -0.1) is 0 Å². The van der Waals surface area contributed by atoms with Crippen molar-refractivity contribution in [1.82, 2.24) is 20.0 Å². The molecule has 0 saturated carbocycles. The maximum absolute atomic E-state index is 13.7. The Morgan fingerprint density at radius 1 is 1.11 bits per heavy atom. The Hall–Kier alpha value is -3.98. The lowest BCUT2D eigenvalue weighted by molar-refractivity contribution is -0.128. The predicted octanol–water partition coefficient (Wildman–Crippen LogP) is 2.92. The van der Waals surface area contributed by atoms with Crippen LogP contribution in [0, 0.1) is 13.8 Å². The van der Waals surface area contributed by atoms with Crippen molar-refractivity contribution in [2.75, 3.05) is 25.0 Å². The lowest BCUT2D eigenvalue weighted by atomic mass is 9.99. The van der Waals surface area contributed by atoms with E-state index < -0.39 is 12.1 Å². The van der Waals surface area contributed by atoms with Gasteiger partial charge in [0.2, 0.25) is 5.91 Å². The van der Waals surface area contributed by atoms with Gasteiger partial charge in [-0.2, -0.15) is 5.10 Å². The van der Waals surface area contributed by atoms with Gasteiger partial charge in [0, 0.05) is 42.2 Å². The number of carbonyl (C=O) groups excluding carboxylic acids is 3. The number of aryl methyl sites for hydroxylation is 1. The SMILES string of the molecule is Cc1nn(-c2ccccc2)c(C)c1C1C(=O)NCCN1C(=O)c1cccc(NC(=O)C2CCCO2)c1. The van der Waals surface area contributed by atoms with Crippen molar-refractivity contribution in [3.8, 4) is 5.69 Å². The Labute approximate surface area is 209 Å². The molecule has 3 amide bonds. The van der Waals surface area contributed by atoms with E-state index in [1.54, 1.807) is 33.8 Å². The number of aromatic nitrogens is 2. The number of anilines is 1. The van der Waals surface area contributed by atoms with E-state index in [2.05, 4.69) is 15.7 Å². The molecule has 2 fully saturated rings. The van der Waals surface area contributed by atoms with Gasteiger partial charge in [-0.25, -0.2) is 4.68 Å². The minimum absolute atomic E-state index is 0.216. The molecule has 0 radical (unpaired) electrons. The van der Waals surface area contributed by atoms with Crippen LogP contribution in [0.1, 0.15) is 46.2 Å². The molecule has 3 heterocycles. The summed E-state index contributed by atoms with van der Waals surface area (Å²) in [6, 6.07) is 15.7. The van der Waals surface area contributed by atoms with Crippen LogP contribution in [0.3, 0.4) is 0 Å². The molecule has 3 aromatic rings. The van der Waals surface area contributed by atoms with Gasteiger partial charge in [-0.05, 0) is 57.0 Å². The van der Waals surface area contributed by atoms with Crippen LogP contribution < -0.4 is 10.6 Å². The van der Waals surface area contributed by atoms with Crippen LogP contribution in [0.5, 0.6) is 0 Å². The molecule has 0 bridgehead atoms. The number of nitrogens with one attached hydrogen (secondary N) is 2. The summed E-state index contributed by atoms with van der Waals surface area (Å²) in [6.45, 7) is 5.06. The Bertz CT molecular complexity index is 1300. The summed E-state index contributed by atoms with van der Waals surface area (Å²) in [4.78, 5) is 40.9. The zero-order valence-electron chi connectivity index (χ0n) is 20.4. The number of para-hydroxylation sites is 1. The minimum atomic E-state index is -0.811. The molecular formula is C27H29N5O4. The van der Waals surface area contributed by atoms with Gasteiger partial charge < -0.3 is 20.3 Å². The van der Waals surface area contributed by atoms with Crippen molar-refractivity contribution >= 4 is 23.4 Å². The van der Waals surface area contributed by atoms with Crippen molar-refractivity contribution < 1.29 is 19.1 Å². The van der Waals surface area contributed by atoms with Gasteiger partial charge in [-0.1, -0.05) is 24.3 Å². The number of nitrogens with zero attached hydrogens (tertiary/aromatic N) is 3. The Balaban J connectivity index is 1.44. The topological polar surface area (TPSA) is 106 Å². The van der Waals surface area contributed by atoms with Crippen molar-refractivity contribution in [2.45, 2.75) is 38.8 Å². The monoisotopic (exact) mass is 487 g/mol. The van der Waals surface area contributed by atoms with Gasteiger partial charge in [0.25, 0.3) is 11.8 Å². The summed E-state index contributed by atoms with van der Waals surface area (Å²) in [7, 11) is 0. The van der Waals surface area contributed by atoms with Crippen LogP contribution in [0.4, 0.5) is 5.69 Å². The lowest BCUT2D eigenvalue weighted by Crippen LogP contribution is -2.52. The third-order valence-corrected chi connectivity index (χ3v) is 6.69. The molecule has 2 saturated heterocycles. The molecule has 5 rings (SSSR count). The number of carbonyl (C=O) groups is 3. The van der Waals surface area contributed by atoms with Crippen molar-refractivity contribution in [3.63, 3.8) is 0 Å². The van der Waals surface area contributed by atoms with Gasteiger partial charge in [0.15, 0.2) is 0 Å². The Morgan fingerprint density at radius 2 is 1.92 bits per heavy atom. The molecular weight excluding hydrogens is 458 g/mol. The van der Waals surface area contributed by atoms with E-state index in [1.165, 1.54) is 0 Å². The number of ether oxygens (including phenoxy) is 1. The molecule has 2 aliphatic heterocycles. The molecule has 1 aromatic heterocycles. The fourth-order valence-electron chi connectivity index (χ4n) is 4.95. The molecule has 2 aromatic carbocycles. The zero-order chi connectivity index (χ0) is 25.2. The molecule has 9 nitrogen and oxygen atoms in total. The van der Waals surface area contributed by atoms with Gasteiger partial charge in [-0.3, -0.25) is 14.4 Å². The molecule has 2 unspecified atom stereocenters. The fourth-order valence-corrected chi connectivity index (χ4v) is 4.95. The molecule has 186 valence electrons. The van der Waals surface area contributed by atoms with Gasteiger partial charge >= 0.3 is 0 Å². The molecule has 36 heavy (non-hydrogen) atoms. The average molecular weight is 488 g/mol. The highest BCUT2D eigenvalue weighted by Gasteiger charge is 2.38. The Morgan fingerprint density at radius 3 is 2.67 bits per heavy atom. The molecule has 2 aliphatic rings. The van der Waals surface area contributed by atoms with Crippen LogP contribution in [0.15, 0.2) is 54.6 Å². The van der Waals surface area contributed by atoms with E-state index in [0.717, 1.165) is 17.8 Å². The van der Waals surface area contributed by atoms with E-state index in [-0.39, 0.29) is 17.7 Å². The van der Waals surface area contributed by atoms with Crippen LogP contribution in [0.25, 0.3) is 5.69 Å². The van der Waals surface area contributed by atoms with E-state index in [4.69, 9.17) is 4.74 Å². The van der Waals surface area contributed by atoms with Crippen LogP contribution in [-0.4, -0.2) is 58.2 Å². The number of piperazine rings is 1. The Kier molecular flexibility index (Phi) is 6.56. The molecule has 0 aliphatic carbocycles. The van der Waals surface area contributed by atoms with Crippen molar-refractivity contribution in [1.29, 1.82) is 0 Å². The van der Waals surface area contributed by atoms with Crippen LogP contribution in [-0.2, 0) is 14.3 Å². The fraction of sp³-hybridized carbons (Fsp3) is 0.333. The van der Waals surface area contributed by atoms with Crippen molar-refractivity contribution in [3.05, 3.63) is 77.1 Å². The summed E-state index contributed by atoms with van der Waals surface area (Å²) in [5, 5.41) is 10.4. The second kappa shape index (κ2) is 9.94. The van der Waals surface area contributed by atoms with Crippen LogP contribution >= 0.6 is 0 Å². The first kappa shape index (κ1) is 23.7. The average Bonchev–Trinajstić information content (AvgIpc) is 3.53. The smallest absolute Gasteiger partial charge is 0.254 e. The van der Waals surface area contributed by atoms with Crippen LogP contribution in [0.2, 0.25) is 0 Å². The minimum Gasteiger partial charge on any atom is -0.368 e.